The van der Waals surface area contributed by atoms with Gasteiger partial charge in [0.05, 0.1) is 5.03 Å². The molecular formula is C12H14Cl2N2O2S2. The molecule has 110 valence electrons. The fraction of sp³-hybridized carbons (Fsp3) is 0.167. The lowest BCUT2D eigenvalue weighted by Crippen LogP contribution is -2.23. The molecule has 4 nitrogen and oxygen atoms in total. The van der Waals surface area contributed by atoms with Crippen molar-refractivity contribution >= 4 is 58.0 Å². The molecule has 1 rings (SSSR count). The van der Waals surface area contributed by atoms with Gasteiger partial charge in [0.1, 0.15) is 6.61 Å². The summed E-state index contributed by atoms with van der Waals surface area (Å²) in [5.74, 6) is 0. The van der Waals surface area contributed by atoms with Crippen LogP contribution in [0.25, 0.3) is 0 Å². The van der Waals surface area contributed by atoms with E-state index in [9.17, 15) is 0 Å². The van der Waals surface area contributed by atoms with E-state index in [-0.39, 0.29) is 6.61 Å². The lowest BCUT2D eigenvalue weighted by Gasteiger charge is -2.08. The molecule has 8 heteroatoms. The van der Waals surface area contributed by atoms with E-state index >= 15 is 0 Å². The van der Waals surface area contributed by atoms with Gasteiger partial charge in [-0.3, -0.25) is 0 Å². The van der Waals surface area contributed by atoms with Crippen LogP contribution in [-0.2, 0) is 11.3 Å². The summed E-state index contributed by atoms with van der Waals surface area (Å²) in [7, 11) is 0. The van der Waals surface area contributed by atoms with Crippen molar-refractivity contribution in [2.24, 2.45) is 5.73 Å². The third kappa shape index (κ3) is 12.0. The van der Waals surface area contributed by atoms with Crippen LogP contribution in [0.3, 0.4) is 0 Å². The Hall–Kier alpha value is -1.08. The number of benzene rings is 1. The van der Waals surface area contributed by atoms with Crippen molar-refractivity contribution in [2.75, 3.05) is 6.61 Å². The number of halogens is 2. The summed E-state index contributed by atoms with van der Waals surface area (Å²) in [6.45, 7) is 0.813. The molecule has 0 aromatic heterocycles. The third-order valence-electron chi connectivity index (χ3n) is 1.74. The molecule has 0 heterocycles. The second kappa shape index (κ2) is 11.7. The molecule has 4 N–H and O–H groups in total. The monoisotopic (exact) mass is 352 g/mol. The molecule has 1 aromatic rings. The highest BCUT2D eigenvalue weighted by molar-refractivity contribution is 7.80. The zero-order chi connectivity index (χ0) is 15.4. The van der Waals surface area contributed by atoms with Crippen LogP contribution in [0, 0.1) is 0 Å². The summed E-state index contributed by atoms with van der Waals surface area (Å²) >= 11 is 19.8. The Morgan fingerprint density at radius 1 is 1.35 bits per heavy atom. The molecule has 0 unspecified atom stereocenters. The van der Waals surface area contributed by atoms with E-state index in [2.05, 4.69) is 23.3 Å². The number of hydrogen-bond acceptors (Lipinski definition) is 3. The van der Waals surface area contributed by atoms with E-state index in [4.69, 9.17) is 45.3 Å². The van der Waals surface area contributed by atoms with Gasteiger partial charge in [0.25, 0.3) is 10.3 Å². The van der Waals surface area contributed by atoms with Crippen LogP contribution in [0.15, 0.2) is 40.9 Å². The van der Waals surface area contributed by atoms with Crippen LogP contribution >= 0.6 is 47.6 Å². The largest absolute Gasteiger partial charge is 0.487 e. The van der Waals surface area contributed by atoms with Gasteiger partial charge in [0.15, 0.2) is 0 Å². The van der Waals surface area contributed by atoms with Gasteiger partial charge < -0.3 is 20.9 Å². The van der Waals surface area contributed by atoms with Gasteiger partial charge in [-0.2, -0.15) is 0 Å². The highest BCUT2D eigenvalue weighted by Gasteiger charge is 1.98. The number of nitrogens with one attached hydrogen (secondary N) is 1. The van der Waals surface area contributed by atoms with Crippen LogP contribution in [-0.4, -0.2) is 22.1 Å². The second-order valence-electron chi connectivity index (χ2n) is 3.31. The Morgan fingerprint density at radius 3 is 2.40 bits per heavy atom. The lowest BCUT2D eigenvalue weighted by atomic mass is 10.2. The van der Waals surface area contributed by atoms with Crippen molar-refractivity contribution in [2.45, 2.75) is 6.54 Å². The highest BCUT2D eigenvalue weighted by atomic mass is 35.5. The van der Waals surface area contributed by atoms with Crippen LogP contribution in [0.1, 0.15) is 5.56 Å². The first kappa shape index (κ1) is 18.9. The summed E-state index contributed by atoms with van der Waals surface area (Å²) in [5, 5.41) is 10.7. The number of aliphatic hydroxyl groups is 1. The highest BCUT2D eigenvalue weighted by Crippen LogP contribution is 2.03. The standard InChI is InChI=1S/C11H11Cl2NOS.CH3NOS/c12-6-10(13)8-15-11(16)14-7-9-4-2-1-3-5-9;2-1(3)4/h1-6H,7-8H2,(H,14,16);(H3,2,3,4). The molecule has 0 fully saturated rings. The van der Waals surface area contributed by atoms with Crippen molar-refractivity contribution in [3.05, 3.63) is 46.5 Å². The first-order valence-corrected chi connectivity index (χ1v) is 6.96. The average molecular weight is 353 g/mol. The van der Waals surface area contributed by atoms with Crippen molar-refractivity contribution in [1.29, 1.82) is 0 Å². The zero-order valence-corrected chi connectivity index (χ0v) is 13.5. The Bertz CT molecular complexity index is 452. The quantitative estimate of drug-likeness (QED) is 0.723. The minimum Gasteiger partial charge on any atom is -0.487 e. The van der Waals surface area contributed by atoms with Crippen LogP contribution < -0.4 is 11.1 Å². The SMILES string of the molecule is NC(O)=S.S=C(NCc1ccccc1)OCC(Cl)=CCl. The topological polar surface area (TPSA) is 67.5 Å². The number of hydrogen-bond donors (Lipinski definition) is 3. The predicted octanol–water partition coefficient (Wildman–Crippen LogP) is 3.18. The Balaban J connectivity index is 0.000000796. The first-order chi connectivity index (χ1) is 9.45. The van der Waals surface area contributed by atoms with E-state index in [1.807, 2.05) is 30.3 Å². The predicted molar refractivity (Wildman–Crippen MR) is 91.0 cm³/mol. The Kier molecular flexibility index (Phi) is 11.1. The summed E-state index contributed by atoms with van der Waals surface area (Å²) in [6, 6.07) is 9.90. The van der Waals surface area contributed by atoms with Crippen molar-refractivity contribution < 1.29 is 9.84 Å². The average Bonchev–Trinajstić information content (AvgIpc) is 2.43. The molecule has 0 amide bonds. The van der Waals surface area contributed by atoms with Crippen molar-refractivity contribution in [3.63, 3.8) is 0 Å². The van der Waals surface area contributed by atoms with Gasteiger partial charge in [-0.05, 0) is 30.0 Å². The van der Waals surface area contributed by atoms with Crippen LogP contribution in [0.5, 0.6) is 0 Å². The molecule has 0 aliphatic carbocycles. The number of thiocarbonyl (C=S) groups is 2. The normalized spacial score (nSPS) is 10.0. The molecule has 0 radical (unpaired) electrons. The third-order valence-corrected chi connectivity index (χ3v) is 2.59. The minimum atomic E-state index is -0.500. The fourth-order valence-electron chi connectivity index (χ4n) is 0.987. The number of aliphatic hydroxyl groups excluding tert-OH is 1. The van der Waals surface area contributed by atoms with Crippen LogP contribution in [0.4, 0.5) is 0 Å². The fourth-order valence-corrected chi connectivity index (χ4v) is 1.24. The van der Waals surface area contributed by atoms with Gasteiger partial charge in [-0.15, -0.1) is 0 Å². The zero-order valence-electron chi connectivity index (χ0n) is 10.4. The Labute approximate surface area is 138 Å². The van der Waals surface area contributed by atoms with Crippen LogP contribution in [0.2, 0.25) is 0 Å². The molecule has 20 heavy (non-hydrogen) atoms. The van der Waals surface area contributed by atoms with E-state index in [1.165, 1.54) is 5.54 Å². The summed E-state index contributed by atoms with van der Waals surface area (Å²) in [4.78, 5) is 0. The van der Waals surface area contributed by atoms with E-state index in [0.717, 1.165) is 5.56 Å². The number of ether oxygens (including phenoxy) is 1. The van der Waals surface area contributed by atoms with E-state index in [0.29, 0.717) is 16.8 Å². The molecule has 0 aliphatic rings. The maximum atomic E-state index is 7.56. The maximum Gasteiger partial charge on any atom is 0.257 e. The Morgan fingerprint density at radius 2 is 1.90 bits per heavy atom. The van der Waals surface area contributed by atoms with Gasteiger partial charge in [0.2, 0.25) is 0 Å². The van der Waals surface area contributed by atoms with Crippen molar-refractivity contribution in [3.8, 4) is 0 Å². The van der Waals surface area contributed by atoms with Crippen molar-refractivity contribution in [1.82, 2.24) is 5.32 Å². The molecule has 0 aliphatic heterocycles. The maximum absolute atomic E-state index is 7.56. The smallest absolute Gasteiger partial charge is 0.257 e. The van der Waals surface area contributed by atoms with Gasteiger partial charge in [0, 0.05) is 12.1 Å². The van der Waals surface area contributed by atoms with E-state index in [1.54, 1.807) is 0 Å². The minimum absolute atomic E-state index is 0.186. The summed E-state index contributed by atoms with van der Waals surface area (Å²) in [6.07, 6.45) is 0. The molecule has 0 saturated carbocycles. The number of rotatable bonds is 4. The molecule has 0 saturated heterocycles. The molecular weight excluding hydrogens is 339 g/mol. The molecule has 1 aromatic carbocycles. The summed E-state index contributed by atoms with van der Waals surface area (Å²) in [5.41, 5.74) is 6.78. The number of nitrogens with two attached hydrogens (primary N) is 1. The van der Waals surface area contributed by atoms with E-state index < -0.39 is 5.17 Å². The molecule has 0 atom stereocenters. The summed E-state index contributed by atoms with van der Waals surface area (Å²) < 4.78 is 5.15. The second-order valence-corrected chi connectivity index (χ2v) is 4.80. The molecule has 0 bridgehead atoms. The lowest BCUT2D eigenvalue weighted by molar-refractivity contribution is 0.338. The first-order valence-electron chi connectivity index (χ1n) is 5.33. The molecule has 0 spiro atoms. The van der Waals surface area contributed by atoms with Gasteiger partial charge in [-0.1, -0.05) is 53.5 Å². The van der Waals surface area contributed by atoms with Gasteiger partial charge >= 0.3 is 0 Å². The van der Waals surface area contributed by atoms with Gasteiger partial charge in [-0.25, -0.2) is 0 Å².